The molecular weight excluding hydrogens is 407 g/mol. The number of nitrogens with one attached hydrogen (secondary N) is 1. The Labute approximate surface area is 171 Å². The van der Waals surface area contributed by atoms with E-state index in [4.69, 9.17) is 16.0 Å². The summed E-state index contributed by atoms with van der Waals surface area (Å²) in [6, 6.07) is 4.00. The molecule has 0 bridgehead atoms. The second-order valence-electron chi connectivity index (χ2n) is 6.59. The Morgan fingerprint density at radius 1 is 1.36 bits per heavy atom. The van der Waals surface area contributed by atoms with Crippen LogP contribution in [-0.2, 0) is 11.3 Å². The molecule has 0 aliphatic carbocycles. The SMILES string of the molecule is CC1CCN(C(=O)CSc2nnc(CNC(=O)c3c(F)cccc3Cl)o2)CC1. The third kappa shape index (κ3) is 5.23. The first-order valence-corrected chi connectivity index (χ1v) is 10.3. The molecule has 0 radical (unpaired) electrons. The van der Waals surface area contributed by atoms with Gasteiger partial charge in [0.2, 0.25) is 11.8 Å². The van der Waals surface area contributed by atoms with Gasteiger partial charge in [0.05, 0.1) is 22.9 Å². The lowest BCUT2D eigenvalue weighted by Gasteiger charge is -2.30. The normalized spacial score (nSPS) is 14.9. The van der Waals surface area contributed by atoms with Crippen LogP contribution in [-0.4, -0.2) is 45.8 Å². The zero-order chi connectivity index (χ0) is 20.1. The Morgan fingerprint density at radius 3 is 2.82 bits per heavy atom. The Kier molecular flexibility index (Phi) is 6.90. The molecule has 7 nitrogen and oxygen atoms in total. The van der Waals surface area contributed by atoms with Gasteiger partial charge in [-0.25, -0.2) is 4.39 Å². The number of amides is 2. The number of hydrogen-bond acceptors (Lipinski definition) is 6. The minimum atomic E-state index is -0.711. The highest BCUT2D eigenvalue weighted by molar-refractivity contribution is 7.99. The fourth-order valence-corrected chi connectivity index (χ4v) is 3.73. The fraction of sp³-hybridized carbons (Fsp3) is 0.444. The van der Waals surface area contributed by atoms with Crippen LogP contribution in [0.3, 0.4) is 0 Å². The van der Waals surface area contributed by atoms with Crippen LogP contribution in [0.2, 0.25) is 5.02 Å². The maximum absolute atomic E-state index is 13.7. The van der Waals surface area contributed by atoms with Crippen LogP contribution in [0.5, 0.6) is 0 Å². The van der Waals surface area contributed by atoms with E-state index in [1.807, 2.05) is 4.90 Å². The minimum absolute atomic E-state index is 0.0184. The number of carbonyl (C=O) groups excluding carboxylic acids is 2. The molecule has 2 amide bonds. The largest absolute Gasteiger partial charge is 0.414 e. The van der Waals surface area contributed by atoms with Gasteiger partial charge in [-0.15, -0.1) is 10.2 Å². The van der Waals surface area contributed by atoms with Gasteiger partial charge in [-0.1, -0.05) is 36.4 Å². The van der Waals surface area contributed by atoms with Crippen LogP contribution in [0.1, 0.15) is 36.0 Å². The number of likely N-dealkylation sites (tertiary alicyclic amines) is 1. The number of nitrogens with zero attached hydrogens (tertiary/aromatic N) is 3. The molecule has 1 saturated heterocycles. The van der Waals surface area contributed by atoms with Gasteiger partial charge >= 0.3 is 0 Å². The molecule has 1 aromatic heterocycles. The van der Waals surface area contributed by atoms with E-state index in [0.29, 0.717) is 5.92 Å². The lowest BCUT2D eigenvalue weighted by molar-refractivity contribution is -0.129. The van der Waals surface area contributed by atoms with Crippen LogP contribution < -0.4 is 5.32 Å². The first-order chi connectivity index (χ1) is 13.4. The van der Waals surface area contributed by atoms with Crippen molar-refractivity contribution in [2.75, 3.05) is 18.8 Å². The van der Waals surface area contributed by atoms with E-state index in [-0.39, 0.29) is 39.9 Å². The molecule has 1 aromatic carbocycles. The van der Waals surface area contributed by atoms with Crippen molar-refractivity contribution in [3.8, 4) is 0 Å². The molecule has 0 unspecified atom stereocenters. The summed E-state index contributed by atoms with van der Waals surface area (Å²) in [6.07, 6.45) is 2.04. The molecule has 10 heteroatoms. The van der Waals surface area contributed by atoms with Crippen molar-refractivity contribution < 1.29 is 18.4 Å². The summed E-state index contributed by atoms with van der Waals surface area (Å²) in [7, 11) is 0. The molecular formula is C18H20ClFN4O3S. The fourth-order valence-electron chi connectivity index (χ4n) is 2.80. The van der Waals surface area contributed by atoms with Crippen molar-refractivity contribution in [2.24, 2.45) is 5.92 Å². The summed E-state index contributed by atoms with van der Waals surface area (Å²) in [5.74, 6) is -0.318. The number of rotatable bonds is 6. The molecule has 0 spiro atoms. The van der Waals surface area contributed by atoms with Crippen LogP contribution in [0.4, 0.5) is 4.39 Å². The van der Waals surface area contributed by atoms with Crippen molar-refractivity contribution in [2.45, 2.75) is 31.5 Å². The molecule has 1 N–H and O–H groups in total. The number of carbonyl (C=O) groups is 2. The minimum Gasteiger partial charge on any atom is -0.414 e. The van der Waals surface area contributed by atoms with E-state index in [9.17, 15) is 14.0 Å². The van der Waals surface area contributed by atoms with Crippen molar-refractivity contribution in [3.63, 3.8) is 0 Å². The smallest absolute Gasteiger partial charge is 0.277 e. The maximum Gasteiger partial charge on any atom is 0.277 e. The summed E-state index contributed by atoms with van der Waals surface area (Å²) in [4.78, 5) is 26.2. The predicted molar refractivity (Wildman–Crippen MR) is 103 cm³/mol. The Morgan fingerprint density at radius 2 is 2.11 bits per heavy atom. The number of hydrogen-bond donors (Lipinski definition) is 1. The second kappa shape index (κ2) is 9.38. The van der Waals surface area contributed by atoms with E-state index >= 15 is 0 Å². The molecule has 2 heterocycles. The van der Waals surface area contributed by atoms with Crippen molar-refractivity contribution in [1.82, 2.24) is 20.4 Å². The summed E-state index contributed by atoms with van der Waals surface area (Å²) < 4.78 is 19.2. The van der Waals surface area contributed by atoms with E-state index < -0.39 is 11.7 Å². The third-order valence-electron chi connectivity index (χ3n) is 4.49. The Bertz CT molecular complexity index is 835. The van der Waals surface area contributed by atoms with Crippen LogP contribution in [0, 0.1) is 11.7 Å². The highest BCUT2D eigenvalue weighted by atomic mass is 35.5. The molecule has 150 valence electrons. The van der Waals surface area contributed by atoms with Crippen LogP contribution >= 0.6 is 23.4 Å². The third-order valence-corrected chi connectivity index (χ3v) is 5.61. The summed E-state index contributed by atoms with van der Waals surface area (Å²) >= 11 is 7.02. The van der Waals surface area contributed by atoms with E-state index in [1.165, 1.54) is 12.1 Å². The van der Waals surface area contributed by atoms with Gasteiger partial charge in [-0.2, -0.15) is 0 Å². The molecule has 1 fully saturated rings. The molecule has 1 aliphatic rings. The summed E-state index contributed by atoms with van der Waals surface area (Å²) in [5.41, 5.74) is -0.236. The first kappa shape index (κ1) is 20.6. The number of thioether (sulfide) groups is 1. The first-order valence-electron chi connectivity index (χ1n) is 8.89. The topological polar surface area (TPSA) is 88.3 Å². The van der Waals surface area contributed by atoms with Gasteiger partial charge in [0.25, 0.3) is 11.1 Å². The Hall–Kier alpha value is -2.13. The molecule has 0 atom stereocenters. The zero-order valence-electron chi connectivity index (χ0n) is 15.3. The number of halogens is 2. The monoisotopic (exact) mass is 426 g/mol. The highest BCUT2D eigenvalue weighted by Crippen LogP contribution is 2.21. The van der Waals surface area contributed by atoms with E-state index in [0.717, 1.165) is 43.8 Å². The Balaban J connectivity index is 1.48. The van der Waals surface area contributed by atoms with Crippen LogP contribution in [0.15, 0.2) is 27.8 Å². The molecule has 2 aromatic rings. The molecule has 1 aliphatic heterocycles. The zero-order valence-corrected chi connectivity index (χ0v) is 16.9. The van der Waals surface area contributed by atoms with Gasteiger partial charge < -0.3 is 14.6 Å². The maximum atomic E-state index is 13.7. The second-order valence-corrected chi connectivity index (χ2v) is 7.93. The van der Waals surface area contributed by atoms with Gasteiger partial charge in [0, 0.05) is 13.1 Å². The lowest BCUT2D eigenvalue weighted by atomic mass is 9.99. The predicted octanol–water partition coefficient (Wildman–Crippen LogP) is 3.14. The van der Waals surface area contributed by atoms with Gasteiger partial charge in [-0.3, -0.25) is 9.59 Å². The van der Waals surface area contributed by atoms with Crippen molar-refractivity contribution in [1.29, 1.82) is 0 Å². The van der Waals surface area contributed by atoms with E-state index in [2.05, 4.69) is 22.4 Å². The van der Waals surface area contributed by atoms with Crippen LogP contribution in [0.25, 0.3) is 0 Å². The highest BCUT2D eigenvalue weighted by Gasteiger charge is 2.21. The number of benzene rings is 1. The van der Waals surface area contributed by atoms with Gasteiger partial charge in [-0.05, 0) is 30.9 Å². The summed E-state index contributed by atoms with van der Waals surface area (Å²) in [6.45, 7) is 3.67. The molecule has 0 saturated carbocycles. The molecule has 3 rings (SSSR count). The standard InChI is InChI=1S/C18H20ClFN4O3S/c1-11-5-7-24(8-6-11)15(25)10-28-18-23-22-14(27-18)9-21-17(26)16-12(19)3-2-4-13(16)20/h2-4,11H,5-10H2,1H3,(H,21,26). The molecule has 28 heavy (non-hydrogen) atoms. The summed E-state index contributed by atoms with van der Waals surface area (Å²) in [5, 5.41) is 10.4. The average molecular weight is 427 g/mol. The number of aromatic nitrogens is 2. The number of piperidine rings is 1. The van der Waals surface area contributed by atoms with Gasteiger partial charge in [0.15, 0.2) is 0 Å². The van der Waals surface area contributed by atoms with Crippen molar-refractivity contribution in [3.05, 3.63) is 40.5 Å². The van der Waals surface area contributed by atoms with Gasteiger partial charge in [0.1, 0.15) is 5.82 Å². The van der Waals surface area contributed by atoms with Crippen molar-refractivity contribution >= 4 is 35.2 Å². The van der Waals surface area contributed by atoms with E-state index in [1.54, 1.807) is 0 Å². The lowest BCUT2D eigenvalue weighted by Crippen LogP contribution is -2.38. The quantitative estimate of drug-likeness (QED) is 0.714. The average Bonchev–Trinajstić information content (AvgIpc) is 3.13.